The predicted octanol–water partition coefficient (Wildman–Crippen LogP) is 2.53. The van der Waals surface area contributed by atoms with Crippen LogP contribution in [0, 0.1) is 6.92 Å². The van der Waals surface area contributed by atoms with Crippen LogP contribution < -0.4 is 0 Å². The van der Waals surface area contributed by atoms with E-state index in [9.17, 15) is 12.8 Å². The highest BCUT2D eigenvalue weighted by molar-refractivity contribution is 8.13. The van der Waals surface area contributed by atoms with Crippen LogP contribution in [0.15, 0.2) is 24.3 Å². The Bertz CT molecular complexity index is 402. The van der Waals surface area contributed by atoms with Gasteiger partial charge in [0, 0.05) is 16.2 Å². The fourth-order valence-corrected chi connectivity index (χ4v) is 1.75. The first-order valence-corrected chi connectivity index (χ1v) is 5.92. The van der Waals surface area contributed by atoms with Gasteiger partial charge in [-0.1, -0.05) is 29.8 Å². The lowest BCUT2D eigenvalue weighted by atomic mass is 10.2. The number of benzene rings is 1. The fourth-order valence-electron chi connectivity index (χ4n) is 0.974. The summed E-state index contributed by atoms with van der Waals surface area (Å²) in [5.41, 5.74) is -1.29. The van der Waals surface area contributed by atoms with E-state index in [0.29, 0.717) is 0 Å². The maximum atomic E-state index is 13.1. The molecule has 0 aliphatic carbocycles. The standard InChI is InChI=1S/C8H8ClFO2S/c1-6-3-2-4-7(5-6)8(10)13(9,11)12/h2-5,8H,1H3. The number of hydrogen-bond donors (Lipinski definition) is 0. The first kappa shape index (κ1) is 10.5. The zero-order chi connectivity index (χ0) is 10.1. The zero-order valence-electron chi connectivity index (χ0n) is 6.87. The molecule has 0 spiro atoms. The molecule has 0 fully saturated rings. The molecule has 0 N–H and O–H groups in total. The highest BCUT2D eigenvalue weighted by atomic mass is 35.7. The number of aryl methyl sites for hydroxylation is 1. The second-order valence-electron chi connectivity index (χ2n) is 2.71. The molecule has 0 aliphatic rings. The van der Waals surface area contributed by atoms with Crippen LogP contribution in [-0.2, 0) is 9.05 Å². The lowest BCUT2D eigenvalue weighted by Crippen LogP contribution is -2.01. The van der Waals surface area contributed by atoms with Gasteiger partial charge >= 0.3 is 0 Å². The summed E-state index contributed by atoms with van der Waals surface area (Å²) >= 11 is 0. The molecule has 1 atom stereocenters. The molecule has 1 rings (SSSR count). The number of halogens is 2. The van der Waals surface area contributed by atoms with Crippen molar-refractivity contribution in [2.24, 2.45) is 0 Å². The Morgan fingerprint density at radius 1 is 1.46 bits per heavy atom. The molecule has 0 amide bonds. The van der Waals surface area contributed by atoms with Crippen molar-refractivity contribution in [3.63, 3.8) is 0 Å². The summed E-state index contributed by atoms with van der Waals surface area (Å²) in [6.07, 6.45) is 0. The van der Waals surface area contributed by atoms with E-state index in [-0.39, 0.29) is 5.56 Å². The van der Waals surface area contributed by atoms with Gasteiger partial charge in [0.1, 0.15) is 0 Å². The van der Waals surface area contributed by atoms with E-state index < -0.39 is 14.6 Å². The zero-order valence-corrected chi connectivity index (χ0v) is 8.44. The Labute approximate surface area is 80.8 Å². The minimum atomic E-state index is -4.17. The lowest BCUT2D eigenvalue weighted by molar-refractivity contribution is 0.438. The van der Waals surface area contributed by atoms with Crippen LogP contribution in [0.2, 0.25) is 0 Å². The highest BCUT2D eigenvalue weighted by Crippen LogP contribution is 2.27. The van der Waals surface area contributed by atoms with Crippen LogP contribution in [0.4, 0.5) is 4.39 Å². The van der Waals surface area contributed by atoms with E-state index in [1.54, 1.807) is 19.1 Å². The number of hydrogen-bond acceptors (Lipinski definition) is 2. The Kier molecular flexibility index (Phi) is 2.93. The maximum Gasteiger partial charge on any atom is 0.269 e. The van der Waals surface area contributed by atoms with Crippen LogP contribution in [-0.4, -0.2) is 8.42 Å². The molecular formula is C8H8ClFO2S. The summed E-state index contributed by atoms with van der Waals surface area (Å²) < 4.78 is 34.4. The summed E-state index contributed by atoms with van der Waals surface area (Å²) in [5.74, 6) is 0. The number of rotatable bonds is 2. The molecule has 0 radical (unpaired) electrons. The van der Waals surface area contributed by atoms with Gasteiger partial charge in [-0.25, -0.2) is 12.8 Å². The average Bonchev–Trinajstić information content (AvgIpc) is 2.01. The molecule has 0 saturated carbocycles. The van der Waals surface area contributed by atoms with Crippen LogP contribution in [0.25, 0.3) is 0 Å². The van der Waals surface area contributed by atoms with Gasteiger partial charge in [-0.05, 0) is 6.92 Å². The van der Waals surface area contributed by atoms with Crippen molar-refractivity contribution < 1.29 is 12.8 Å². The molecule has 5 heteroatoms. The summed E-state index contributed by atoms with van der Waals surface area (Å²) in [5, 5.41) is 0. The molecular weight excluding hydrogens is 215 g/mol. The van der Waals surface area contributed by atoms with E-state index in [1.165, 1.54) is 12.1 Å². The minimum absolute atomic E-state index is 0.0648. The van der Waals surface area contributed by atoms with E-state index in [2.05, 4.69) is 0 Å². The topological polar surface area (TPSA) is 34.1 Å². The Morgan fingerprint density at radius 3 is 2.54 bits per heavy atom. The molecule has 1 aromatic carbocycles. The van der Waals surface area contributed by atoms with Crippen molar-refractivity contribution in [2.45, 2.75) is 12.4 Å². The maximum absolute atomic E-state index is 13.1. The second kappa shape index (κ2) is 3.64. The summed E-state index contributed by atoms with van der Waals surface area (Å²) in [4.78, 5) is 0. The SMILES string of the molecule is Cc1cccc(C(F)S(=O)(=O)Cl)c1. The first-order chi connectivity index (χ1) is 5.91. The largest absolute Gasteiger partial charge is 0.269 e. The number of alkyl halides is 1. The normalized spacial score (nSPS) is 14.1. The van der Waals surface area contributed by atoms with Crippen molar-refractivity contribution in [3.05, 3.63) is 35.4 Å². The van der Waals surface area contributed by atoms with Gasteiger partial charge in [-0.3, -0.25) is 0 Å². The molecule has 0 aromatic heterocycles. The third kappa shape index (κ3) is 2.67. The summed E-state index contributed by atoms with van der Waals surface area (Å²) in [6, 6.07) is 6.17. The molecule has 0 bridgehead atoms. The van der Waals surface area contributed by atoms with Crippen LogP contribution in [0.1, 0.15) is 16.6 Å². The summed E-state index contributed by atoms with van der Waals surface area (Å²) in [6.45, 7) is 1.75. The van der Waals surface area contributed by atoms with Gasteiger partial charge < -0.3 is 0 Å². The molecule has 1 unspecified atom stereocenters. The van der Waals surface area contributed by atoms with E-state index in [1.807, 2.05) is 0 Å². The summed E-state index contributed by atoms with van der Waals surface area (Å²) in [7, 11) is 0.701. The van der Waals surface area contributed by atoms with Crippen molar-refractivity contribution >= 4 is 19.7 Å². The van der Waals surface area contributed by atoms with Crippen LogP contribution in [0.3, 0.4) is 0 Å². The predicted molar refractivity (Wildman–Crippen MR) is 49.8 cm³/mol. The molecule has 1 aromatic rings. The van der Waals surface area contributed by atoms with Gasteiger partial charge in [0.05, 0.1) is 0 Å². The molecule has 13 heavy (non-hydrogen) atoms. The Balaban J connectivity index is 3.10. The molecule has 72 valence electrons. The highest BCUT2D eigenvalue weighted by Gasteiger charge is 2.23. The molecule has 0 aliphatic heterocycles. The van der Waals surface area contributed by atoms with Crippen molar-refractivity contribution in [3.8, 4) is 0 Å². The third-order valence-corrected chi connectivity index (χ3v) is 2.79. The van der Waals surface area contributed by atoms with E-state index >= 15 is 0 Å². The first-order valence-electron chi connectivity index (χ1n) is 3.55. The third-order valence-electron chi connectivity index (χ3n) is 1.55. The van der Waals surface area contributed by atoms with Crippen LogP contribution >= 0.6 is 10.7 Å². The Hall–Kier alpha value is -0.610. The molecule has 2 nitrogen and oxygen atoms in total. The van der Waals surface area contributed by atoms with Gasteiger partial charge in [-0.2, -0.15) is 0 Å². The van der Waals surface area contributed by atoms with Crippen LogP contribution in [0.5, 0.6) is 0 Å². The molecule has 0 heterocycles. The second-order valence-corrected chi connectivity index (χ2v) is 5.36. The van der Waals surface area contributed by atoms with E-state index in [4.69, 9.17) is 10.7 Å². The van der Waals surface area contributed by atoms with Gasteiger partial charge in [0.2, 0.25) is 5.50 Å². The Morgan fingerprint density at radius 2 is 2.08 bits per heavy atom. The smallest absolute Gasteiger partial charge is 0.223 e. The van der Waals surface area contributed by atoms with Crippen molar-refractivity contribution in [1.82, 2.24) is 0 Å². The minimum Gasteiger partial charge on any atom is -0.223 e. The van der Waals surface area contributed by atoms with E-state index in [0.717, 1.165) is 5.56 Å². The van der Waals surface area contributed by atoms with Gasteiger partial charge in [-0.15, -0.1) is 0 Å². The van der Waals surface area contributed by atoms with Crippen molar-refractivity contribution in [1.29, 1.82) is 0 Å². The fraction of sp³-hybridized carbons (Fsp3) is 0.250. The lowest BCUT2D eigenvalue weighted by Gasteiger charge is -2.04. The quantitative estimate of drug-likeness (QED) is 0.721. The van der Waals surface area contributed by atoms with Gasteiger partial charge in [0.15, 0.2) is 0 Å². The van der Waals surface area contributed by atoms with Gasteiger partial charge in [0.25, 0.3) is 9.05 Å². The molecule has 0 saturated heterocycles. The monoisotopic (exact) mass is 222 g/mol. The average molecular weight is 223 g/mol. The van der Waals surface area contributed by atoms with Crippen molar-refractivity contribution in [2.75, 3.05) is 0 Å².